The van der Waals surface area contributed by atoms with Crippen molar-refractivity contribution in [2.75, 3.05) is 13.7 Å². The first kappa shape index (κ1) is 14.8. The number of amides is 1. The zero-order valence-electron chi connectivity index (χ0n) is 11.3. The lowest BCUT2D eigenvalue weighted by molar-refractivity contribution is -0.142. The quantitative estimate of drug-likeness (QED) is 0.831. The van der Waals surface area contributed by atoms with Gasteiger partial charge in [-0.25, -0.2) is 9.59 Å². The number of carboxylic acids is 1. The molecule has 0 radical (unpaired) electrons. The minimum atomic E-state index is -1.00. The van der Waals surface area contributed by atoms with E-state index in [1.165, 1.54) is 12.0 Å². The fraction of sp³-hybridized carbons (Fsp3) is 0.833. The molecule has 0 aliphatic carbocycles. The van der Waals surface area contributed by atoms with Crippen LogP contribution >= 0.6 is 0 Å². The average Bonchev–Trinajstić information content (AvgIpc) is 2.59. The van der Waals surface area contributed by atoms with E-state index in [1.807, 2.05) is 0 Å². The van der Waals surface area contributed by atoms with Crippen LogP contribution in [0.3, 0.4) is 0 Å². The van der Waals surface area contributed by atoms with E-state index in [1.54, 1.807) is 20.8 Å². The van der Waals surface area contributed by atoms with E-state index < -0.39 is 23.7 Å². The van der Waals surface area contributed by atoms with Crippen molar-refractivity contribution in [2.24, 2.45) is 0 Å². The maximum atomic E-state index is 12.0. The number of likely N-dealkylation sites (tertiary alicyclic amines) is 1. The van der Waals surface area contributed by atoms with Gasteiger partial charge in [0.2, 0.25) is 0 Å². The third-order valence-corrected chi connectivity index (χ3v) is 2.75. The van der Waals surface area contributed by atoms with E-state index in [0.29, 0.717) is 19.4 Å². The number of hydrogen-bond acceptors (Lipinski definition) is 4. The Morgan fingerprint density at radius 1 is 1.33 bits per heavy atom. The Bertz CT molecular complexity index is 323. The first-order valence-corrected chi connectivity index (χ1v) is 5.99. The first-order valence-electron chi connectivity index (χ1n) is 5.99. The molecule has 1 heterocycles. The van der Waals surface area contributed by atoms with Gasteiger partial charge in [-0.1, -0.05) is 0 Å². The lowest BCUT2D eigenvalue weighted by atomic mass is 10.2. The molecule has 0 saturated carbocycles. The highest BCUT2D eigenvalue weighted by molar-refractivity contribution is 5.81. The van der Waals surface area contributed by atoms with Crippen LogP contribution in [0.1, 0.15) is 33.6 Å². The van der Waals surface area contributed by atoms with Crippen molar-refractivity contribution in [3.05, 3.63) is 0 Å². The van der Waals surface area contributed by atoms with Crippen molar-refractivity contribution in [2.45, 2.75) is 51.3 Å². The zero-order valence-corrected chi connectivity index (χ0v) is 11.3. The molecule has 1 N–H and O–H groups in total. The summed E-state index contributed by atoms with van der Waals surface area (Å²) in [6.07, 6.45) is 0.460. The molecule has 1 fully saturated rings. The molecule has 0 bridgehead atoms. The molecule has 104 valence electrons. The molecule has 6 nitrogen and oxygen atoms in total. The zero-order chi connectivity index (χ0) is 13.9. The summed E-state index contributed by atoms with van der Waals surface area (Å²) in [5.74, 6) is -1.00. The Morgan fingerprint density at radius 3 is 2.39 bits per heavy atom. The van der Waals surface area contributed by atoms with Gasteiger partial charge in [-0.15, -0.1) is 0 Å². The number of nitrogens with zero attached hydrogens (tertiary/aromatic N) is 1. The monoisotopic (exact) mass is 259 g/mol. The van der Waals surface area contributed by atoms with Gasteiger partial charge < -0.3 is 14.6 Å². The van der Waals surface area contributed by atoms with E-state index >= 15 is 0 Å². The fourth-order valence-corrected chi connectivity index (χ4v) is 2.07. The Labute approximate surface area is 107 Å². The van der Waals surface area contributed by atoms with E-state index in [9.17, 15) is 9.59 Å². The highest BCUT2D eigenvalue weighted by Gasteiger charge is 2.42. The molecule has 0 aromatic rings. The summed E-state index contributed by atoms with van der Waals surface area (Å²) in [6.45, 7) is 5.58. The van der Waals surface area contributed by atoms with Gasteiger partial charge in [0.1, 0.15) is 11.6 Å². The van der Waals surface area contributed by atoms with Crippen LogP contribution < -0.4 is 0 Å². The summed E-state index contributed by atoms with van der Waals surface area (Å²) in [5.41, 5.74) is -0.639. The summed E-state index contributed by atoms with van der Waals surface area (Å²) in [4.78, 5) is 24.5. The van der Waals surface area contributed by atoms with Crippen LogP contribution in [0.25, 0.3) is 0 Å². The molecule has 1 rings (SSSR count). The second-order valence-electron chi connectivity index (χ2n) is 5.43. The van der Waals surface area contributed by atoms with Gasteiger partial charge in [0.05, 0.1) is 12.6 Å². The first-order chi connectivity index (χ1) is 8.26. The topological polar surface area (TPSA) is 76.1 Å². The number of methoxy groups -OCH3 is 1. The van der Waals surface area contributed by atoms with Crippen LogP contribution in [0.2, 0.25) is 0 Å². The van der Waals surface area contributed by atoms with Gasteiger partial charge in [0, 0.05) is 7.11 Å². The molecule has 0 aromatic carbocycles. The van der Waals surface area contributed by atoms with Gasteiger partial charge in [-0.3, -0.25) is 4.90 Å². The van der Waals surface area contributed by atoms with Crippen LogP contribution in [-0.2, 0) is 14.3 Å². The molecule has 18 heavy (non-hydrogen) atoms. The highest BCUT2D eigenvalue weighted by atomic mass is 16.6. The molecule has 0 unspecified atom stereocenters. The molecule has 1 saturated heterocycles. The normalized spacial score (nSPS) is 24.1. The fourth-order valence-electron chi connectivity index (χ4n) is 2.07. The molecule has 2 atom stereocenters. The minimum Gasteiger partial charge on any atom is -0.480 e. The van der Waals surface area contributed by atoms with Gasteiger partial charge in [0.15, 0.2) is 0 Å². The highest BCUT2D eigenvalue weighted by Crippen LogP contribution is 2.27. The number of carbonyl (C=O) groups excluding carboxylic acids is 1. The van der Waals surface area contributed by atoms with Crippen LogP contribution in [0.15, 0.2) is 0 Å². The Kier molecular flexibility index (Phi) is 4.56. The predicted octanol–water partition coefficient (Wildman–Crippen LogP) is 1.49. The predicted molar refractivity (Wildman–Crippen MR) is 64.4 cm³/mol. The largest absolute Gasteiger partial charge is 0.480 e. The summed E-state index contributed by atoms with van der Waals surface area (Å²) in [5, 5.41) is 9.13. The third kappa shape index (κ3) is 3.60. The third-order valence-electron chi connectivity index (χ3n) is 2.75. The van der Waals surface area contributed by atoms with E-state index in [0.717, 1.165) is 0 Å². The van der Waals surface area contributed by atoms with Gasteiger partial charge in [0.25, 0.3) is 0 Å². The van der Waals surface area contributed by atoms with E-state index in [-0.39, 0.29) is 6.04 Å². The maximum absolute atomic E-state index is 12.0. The molecule has 1 amide bonds. The van der Waals surface area contributed by atoms with Gasteiger partial charge in [-0.2, -0.15) is 0 Å². The number of aliphatic carboxylic acids is 1. The van der Waals surface area contributed by atoms with E-state index in [4.69, 9.17) is 14.6 Å². The number of rotatable bonds is 3. The van der Waals surface area contributed by atoms with E-state index in [2.05, 4.69) is 0 Å². The van der Waals surface area contributed by atoms with Crippen LogP contribution in [0.5, 0.6) is 0 Å². The molecule has 6 heteroatoms. The van der Waals surface area contributed by atoms with Crippen molar-refractivity contribution in [1.82, 2.24) is 4.90 Å². The van der Waals surface area contributed by atoms with Crippen molar-refractivity contribution >= 4 is 12.1 Å². The van der Waals surface area contributed by atoms with Crippen LogP contribution in [-0.4, -0.2) is 53.5 Å². The lowest BCUT2D eigenvalue weighted by Gasteiger charge is -2.30. The lowest BCUT2D eigenvalue weighted by Crippen LogP contribution is -2.48. The molecular weight excluding hydrogens is 238 g/mol. The summed E-state index contributed by atoms with van der Waals surface area (Å²) < 4.78 is 10.3. The minimum absolute atomic E-state index is 0.231. The second kappa shape index (κ2) is 5.56. The standard InChI is InChI=1S/C12H21NO5/c1-12(2,3)18-11(16)13-8(7-17-4)5-6-9(13)10(14)15/h8-9H,5-7H2,1-4H3,(H,14,15)/t8-,9+/m0/s1. The summed E-state index contributed by atoms with van der Waals surface area (Å²) in [7, 11) is 1.53. The number of carboxylic acid groups (broad SMARTS) is 1. The number of hydrogen-bond donors (Lipinski definition) is 1. The Balaban J connectivity index is 2.82. The summed E-state index contributed by atoms with van der Waals surface area (Å²) in [6, 6.07) is -1.05. The molecule has 0 spiro atoms. The molecule has 1 aliphatic heterocycles. The molecule has 1 aliphatic rings. The Morgan fingerprint density at radius 2 is 1.94 bits per heavy atom. The van der Waals surface area contributed by atoms with Crippen molar-refractivity contribution in [3.63, 3.8) is 0 Å². The summed E-state index contributed by atoms with van der Waals surface area (Å²) >= 11 is 0. The van der Waals surface area contributed by atoms with Crippen LogP contribution in [0.4, 0.5) is 4.79 Å². The average molecular weight is 259 g/mol. The second-order valence-corrected chi connectivity index (χ2v) is 5.43. The van der Waals surface area contributed by atoms with Gasteiger partial charge >= 0.3 is 12.1 Å². The SMILES string of the molecule is COC[C@@H]1CC[C@H](C(=O)O)N1C(=O)OC(C)(C)C. The molecular formula is C12H21NO5. The van der Waals surface area contributed by atoms with Crippen molar-refractivity contribution < 1.29 is 24.2 Å². The number of carbonyl (C=O) groups is 2. The smallest absolute Gasteiger partial charge is 0.411 e. The van der Waals surface area contributed by atoms with Gasteiger partial charge in [-0.05, 0) is 33.6 Å². The van der Waals surface area contributed by atoms with Crippen molar-refractivity contribution in [1.29, 1.82) is 0 Å². The maximum Gasteiger partial charge on any atom is 0.411 e. The van der Waals surface area contributed by atoms with Crippen molar-refractivity contribution in [3.8, 4) is 0 Å². The number of ether oxygens (including phenoxy) is 2. The Hall–Kier alpha value is -1.30. The van der Waals surface area contributed by atoms with Crippen LogP contribution in [0, 0.1) is 0 Å². The molecule has 0 aromatic heterocycles.